The predicted molar refractivity (Wildman–Crippen MR) is 79.3 cm³/mol. The molecule has 0 radical (unpaired) electrons. The quantitative estimate of drug-likeness (QED) is 0.838. The highest BCUT2D eigenvalue weighted by atomic mass is 79.9. The summed E-state index contributed by atoms with van der Waals surface area (Å²) in [5, 5.41) is 2.60. The molecular formula is C14H20BrFN2O. The normalized spacial score (nSPS) is 12.5. The van der Waals surface area contributed by atoms with Crippen LogP contribution in [0.1, 0.15) is 26.7 Å². The van der Waals surface area contributed by atoms with Gasteiger partial charge in [-0.25, -0.2) is 4.39 Å². The lowest BCUT2D eigenvalue weighted by Crippen LogP contribution is -2.24. The minimum absolute atomic E-state index is 0.130. The van der Waals surface area contributed by atoms with Crippen molar-refractivity contribution >= 4 is 27.5 Å². The fourth-order valence-corrected chi connectivity index (χ4v) is 2.44. The van der Waals surface area contributed by atoms with Gasteiger partial charge in [0.05, 0.1) is 5.69 Å². The lowest BCUT2D eigenvalue weighted by Gasteiger charge is -2.17. The minimum atomic E-state index is -0.448. The number of carbonyl (C=O) groups excluding carboxylic acids is 1. The molecule has 1 aromatic rings. The van der Waals surface area contributed by atoms with Crippen molar-refractivity contribution in [1.29, 1.82) is 0 Å². The summed E-state index contributed by atoms with van der Waals surface area (Å²) < 4.78 is 14.1. The third-order valence-electron chi connectivity index (χ3n) is 2.84. The molecule has 1 amide bonds. The van der Waals surface area contributed by atoms with Crippen LogP contribution in [0.2, 0.25) is 0 Å². The zero-order valence-electron chi connectivity index (χ0n) is 11.2. The first-order valence-electron chi connectivity index (χ1n) is 6.38. The van der Waals surface area contributed by atoms with E-state index >= 15 is 0 Å². The number of hydrogen-bond acceptors (Lipinski definition) is 2. The Morgan fingerprint density at radius 2 is 2.16 bits per heavy atom. The zero-order valence-corrected chi connectivity index (χ0v) is 12.8. The Kier molecular flexibility index (Phi) is 6.45. The van der Waals surface area contributed by atoms with E-state index in [9.17, 15) is 9.18 Å². The van der Waals surface area contributed by atoms with Crippen LogP contribution >= 0.6 is 15.9 Å². The van der Waals surface area contributed by atoms with E-state index in [0.717, 1.165) is 6.42 Å². The fraction of sp³-hybridized carbons (Fsp3) is 0.500. The molecule has 1 aromatic carbocycles. The first-order valence-corrected chi connectivity index (χ1v) is 7.17. The van der Waals surface area contributed by atoms with Crippen LogP contribution in [0.3, 0.4) is 0 Å². The van der Waals surface area contributed by atoms with Crippen LogP contribution in [0, 0.1) is 17.7 Å². The molecule has 5 heteroatoms. The Morgan fingerprint density at radius 1 is 1.47 bits per heavy atom. The van der Waals surface area contributed by atoms with Crippen molar-refractivity contribution in [3.8, 4) is 0 Å². The van der Waals surface area contributed by atoms with Crippen molar-refractivity contribution in [1.82, 2.24) is 0 Å². The summed E-state index contributed by atoms with van der Waals surface area (Å²) in [6.07, 6.45) is 1.21. The van der Waals surface area contributed by atoms with E-state index in [4.69, 9.17) is 5.73 Å². The van der Waals surface area contributed by atoms with Gasteiger partial charge in [-0.1, -0.05) is 19.9 Å². The van der Waals surface area contributed by atoms with E-state index in [0.29, 0.717) is 23.4 Å². The second-order valence-electron chi connectivity index (χ2n) is 5.08. The number of anilines is 1. The standard InChI is InChI=1S/C14H20BrFN2O/c1-9(2)6-10(8-17)7-13(19)18-14-11(15)4-3-5-12(14)16/h3-5,9-10H,6-8,17H2,1-2H3,(H,18,19). The fourth-order valence-electron chi connectivity index (χ4n) is 2.00. The third kappa shape index (κ3) is 5.28. The smallest absolute Gasteiger partial charge is 0.224 e. The molecule has 3 N–H and O–H groups in total. The molecule has 106 valence electrons. The highest BCUT2D eigenvalue weighted by Gasteiger charge is 2.16. The number of nitrogens with one attached hydrogen (secondary N) is 1. The molecule has 3 nitrogen and oxygen atoms in total. The number of carbonyl (C=O) groups is 1. The van der Waals surface area contributed by atoms with Crippen molar-refractivity contribution in [2.75, 3.05) is 11.9 Å². The Morgan fingerprint density at radius 3 is 2.68 bits per heavy atom. The van der Waals surface area contributed by atoms with Crippen molar-refractivity contribution < 1.29 is 9.18 Å². The van der Waals surface area contributed by atoms with Gasteiger partial charge in [-0.15, -0.1) is 0 Å². The Balaban J connectivity index is 2.64. The summed E-state index contributed by atoms with van der Waals surface area (Å²) in [6, 6.07) is 4.58. The van der Waals surface area contributed by atoms with Crippen LogP contribution in [-0.2, 0) is 4.79 Å². The Labute approximate surface area is 121 Å². The Hall–Kier alpha value is -0.940. The number of para-hydroxylation sites is 1. The van der Waals surface area contributed by atoms with Crippen LogP contribution in [-0.4, -0.2) is 12.5 Å². The molecule has 0 fully saturated rings. The van der Waals surface area contributed by atoms with E-state index < -0.39 is 5.82 Å². The average molecular weight is 331 g/mol. The van der Waals surface area contributed by atoms with E-state index in [1.54, 1.807) is 12.1 Å². The maximum atomic E-state index is 13.6. The maximum Gasteiger partial charge on any atom is 0.224 e. The van der Waals surface area contributed by atoms with Crippen molar-refractivity contribution in [2.24, 2.45) is 17.6 Å². The number of amides is 1. The number of rotatable bonds is 6. The minimum Gasteiger partial charge on any atom is -0.330 e. The molecule has 19 heavy (non-hydrogen) atoms. The zero-order chi connectivity index (χ0) is 14.4. The van der Waals surface area contributed by atoms with E-state index in [2.05, 4.69) is 35.1 Å². The molecule has 0 bridgehead atoms. The van der Waals surface area contributed by atoms with Gasteiger partial charge in [-0.3, -0.25) is 4.79 Å². The largest absolute Gasteiger partial charge is 0.330 e. The second kappa shape index (κ2) is 7.60. The summed E-state index contributed by atoms with van der Waals surface area (Å²) in [4.78, 5) is 11.9. The molecule has 0 saturated heterocycles. The van der Waals surface area contributed by atoms with Gasteiger partial charge in [0.25, 0.3) is 0 Å². The van der Waals surface area contributed by atoms with Crippen LogP contribution in [0.4, 0.5) is 10.1 Å². The first-order chi connectivity index (χ1) is 8.93. The molecule has 0 aliphatic rings. The van der Waals surface area contributed by atoms with Crippen molar-refractivity contribution in [3.63, 3.8) is 0 Å². The molecule has 0 aliphatic carbocycles. The summed E-state index contributed by atoms with van der Waals surface area (Å²) >= 11 is 3.22. The number of hydrogen-bond donors (Lipinski definition) is 2. The van der Waals surface area contributed by atoms with Gasteiger partial charge in [0.1, 0.15) is 5.82 Å². The number of nitrogens with two attached hydrogens (primary N) is 1. The molecule has 1 atom stereocenters. The van der Waals surface area contributed by atoms with Gasteiger partial charge in [-0.05, 0) is 52.9 Å². The predicted octanol–water partition coefficient (Wildman–Crippen LogP) is 3.54. The summed E-state index contributed by atoms with van der Waals surface area (Å²) in [6.45, 7) is 4.64. The average Bonchev–Trinajstić information content (AvgIpc) is 2.32. The monoisotopic (exact) mass is 330 g/mol. The molecule has 0 aliphatic heterocycles. The van der Waals surface area contributed by atoms with Gasteiger partial charge in [-0.2, -0.15) is 0 Å². The van der Waals surface area contributed by atoms with E-state index in [1.165, 1.54) is 6.07 Å². The van der Waals surface area contributed by atoms with E-state index in [1.807, 2.05) is 0 Å². The first kappa shape index (κ1) is 16.1. The van der Waals surface area contributed by atoms with E-state index in [-0.39, 0.29) is 17.5 Å². The van der Waals surface area contributed by atoms with Crippen molar-refractivity contribution in [2.45, 2.75) is 26.7 Å². The maximum absolute atomic E-state index is 13.6. The SMILES string of the molecule is CC(C)CC(CN)CC(=O)Nc1c(F)cccc1Br. The lowest BCUT2D eigenvalue weighted by molar-refractivity contribution is -0.117. The Bertz CT molecular complexity index is 417. The molecule has 0 heterocycles. The van der Waals surface area contributed by atoms with Crippen molar-refractivity contribution in [3.05, 3.63) is 28.5 Å². The molecule has 0 saturated carbocycles. The van der Waals surface area contributed by atoms with Gasteiger partial charge in [0, 0.05) is 10.9 Å². The summed E-state index contributed by atoms with van der Waals surface area (Å²) in [5.41, 5.74) is 5.85. The molecule has 0 aromatic heterocycles. The topological polar surface area (TPSA) is 55.1 Å². The number of halogens is 2. The van der Waals surface area contributed by atoms with Crippen LogP contribution in [0.25, 0.3) is 0 Å². The molecular weight excluding hydrogens is 311 g/mol. The molecule has 0 spiro atoms. The molecule has 1 unspecified atom stereocenters. The summed E-state index contributed by atoms with van der Waals surface area (Å²) in [7, 11) is 0. The van der Waals surface area contributed by atoms with Crippen LogP contribution < -0.4 is 11.1 Å². The van der Waals surface area contributed by atoms with Gasteiger partial charge in [0.2, 0.25) is 5.91 Å². The van der Waals surface area contributed by atoms with Gasteiger partial charge >= 0.3 is 0 Å². The van der Waals surface area contributed by atoms with Gasteiger partial charge in [0.15, 0.2) is 0 Å². The highest BCUT2D eigenvalue weighted by molar-refractivity contribution is 9.10. The molecule has 1 rings (SSSR count). The highest BCUT2D eigenvalue weighted by Crippen LogP contribution is 2.25. The van der Waals surface area contributed by atoms with Crippen LogP contribution in [0.5, 0.6) is 0 Å². The number of benzene rings is 1. The third-order valence-corrected chi connectivity index (χ3v) is 3.50. The summed E-state index contributed by atoms with van der Waals surface area (Å²) in [5.74, 6) is -0.0371. The van der Waals surface area contributed by atoms with Gasteiger partial charge < -0.3 is 11.1 Å². The second-order valence-corrected chi connectivity index (χ2v) is 5.93. The lowest BCUT2D eigenvalue weighted by atomic mass is 9.94. The van der Waals surface area contributed by atoms with Crippen LogP contribution in [0.15, 0.2) is 22.7 Å².